The van der Waals surface area contributed by atoms with Crippen LogP contribution in [0.25, 0.3) is 0 Å². The molecule has 1 fully saturated rings. The Hall–Kier alpha value is -3.31. The van der Waals surface area contributed by atoms with E-state index in [2.05, 4.69) is 34.5 Å². The highest BCUT2D eigenvalue weighted by atomic mass is 16.7. The maximum atomic E-state index is 12.4. The van der Waals surface area contributed by atoms with Crippen molar-refractivity contribution in [2.24, 2.45) is 0 Å². The van der Waals surface area contributed by atoms with Gasteiger partial charge in [0.1, 0.15) is 6.67 Å². The van der Waals surface area contributed by atoms with Gasteiger partial charge < -0.3 is 9.74 Å². The van der Waals surface area contributed by atoms with E-state index in [1.54, 1.807) is 5.06 Å². The summed E-state index contributed by atoms with van der Waals surface area (Å²) < 4.78 is 0. The van der Waals surface area contributed by atoms with Crippen molar-refractivity contribution in [2.45, 2.75) is 6.04 Å². The minimum Gasteiger partial charge on any atom is -0.353 e. The van der Waals surface area contributed by atoms with E-state index >= 15 is 0 Å². The first-order valence-corrected chi connectivity index (χ1v) is 8.95. The molecular formula is C22H21N3O2. The Kier molecular flexibility index (Phi) is 5.03. The fourth-order valence-corrected chi connectivity index (χ4v) is 3.26. The Labute approximate surface area is 158 Å². The summed E-state index contributed by atoms with van der Waals surface area (Å²) in [6.07, 6.45) is -0.489. The fourth-order valence-electron chi connectivity index (χ4n) is 3.26. The highest BCUT2D eigenvalue weighted by Gasteiger charge is 2.34. The topological polar surface area (TPSA) is 44.8 Å². The predicted octanol–water partition coefficient (Wildman–Crippen LogP) is 4.67. The number of benzene rings is 3. The molecule has 0 aliphatic carbocycles. The molecule has 0 aromatic heterocycles. The van der Waals surface area contributed by atoms with E-state index in [0.717, 1.165) is 17.8 Å². The molecule has 1 N–H and O–H groups in total. The maximum Gasteiger partial charge on any atom is 0.430 e. The second kappa shape index (κ2) is 7.93. The Bertz CT molecular complexity index is 872. The van der Waals surface area contributed by atoms with Crippen molar-refractivity contribution < 1.29 is 9.63 Å². The number of hydroxylamine groups is 2. The van der Waals surface area contributed by atoms with Gasteiger partial charge >= 0.3 is 6.09 Å². The minimum absolute atomic E-state index is 0.0343. The van der Waals surface area contributed by atoms with E-state index in [1.165, 1.54) is 0 Å². The number of hydrogen-bond acceptors (Lipinski definition) is 4. The Morgan fingerprint density at radius 2 is 1.44 bits per heavy atom. The van der Waals surface area contributed by atoms with Crippen molar-refractivity contribution in [3.8, 4) is 0 Å². The molecule has 4 rings (SSSR count). The van der Waals surface area contributed by atoms with Crippen LogP contribution >= 0.6 is 0 Å². The number of anilines is 2. The molecule has 5 heteroatoms. The molecule has 1 aliphatic heterocycles. The molecule has 0 spiro atoms. The number of amides is 1. The van der Waals surface area contributed by atoms with E-state index < -0.39 is 6.09 Å². The van der Waals surface area contributed by atoms with Crippen molar-refractivity contribution in [3.63, 3.8) is 0 Å². The largest absolute Gasteiger partial charge is 0.430 e. The lowest BCUT2D eigenvalue weighted by Crippen LogP contribution is -2.31. The van der Waals surface area contributed by atoms with Crippen LogP contribution in [0.1, 0.15) is 11.6 Å². The first-order valence-electron chi connectivity index (χ1n) is 8.95. The van der Waals surface area contributed by atoms with Gasteiger partial charge in [0.25, 0.3) is 0 Å². The third-order valence-electron chi connectivity index (χ3n) is 4.58. The van der Waals surface area contributed by atoms with Crippen molar-refractivity contribution in [1.82, 2.24) is 5.06 Å². The molecule has 1 atom stereocenters. The number of carbonyl (C=O) groups is 1. The molecule has 0 saturated carbocycles. The summed E-state index contributed by atoms with van der Waals surface area (Å²) in [5.74, 6) is 0. The molecule has 1 saturated heterocycles. The van der Waals surface area contributed by atoms with Crippen LogP contribution in [0.3, 0.4) is 0 Å². The minimum atomic E-state index is -0.489. The highest BCUT2D eigenvalue weighted by molar-refractivity contribution is 5.84. The van der Waals surface area contributed by atoms with Crippen LogP contribution in [0.2, 0.25) is 0 Å². The Morgan fingerprint density at radius 1 is 0.852 bits per heavy atom. The fraction of sp³-hybridized carbons (Fsp3) is 0.136. The zero-order chi connectivity index (χ0) is 18.5. The van der Waals surface area contributed by atoms with Gasteiger partial charge in [-0.2, -0.15) is 0 Å². The van der Waals surface area contributed by atoms with Crippen molar-refractivity contribution >= 4 is 17.5 Å². The summed E-state index contributed by atoms with van der Waals surface area (Å²) in [4.78, 5) is 20.3. The molecule has 136 valence electrons. The lowest BCUT2D eigenvalue weighted by Gasteiger charge is -2.22. The monoisotopic (exact) mass is 359 g/mol. The molecule has 1 heterocycles. The normalized spacial score (nSPS) is 16.9. The van der Waals surface area contributed by atoms with Gasteiger partial charge in [-0.25, -0.2) is 4.79 Å². The van der Waals surface area contributed by atoms with Crippen LogP contribution in [-0.2, 0) is 4.84 Å². The summed E-state index contributed by atoms with van der Waals surface area (Å²) in [6.45, 7) is 1.25. The molecule has 27 heavy (non-hydrogen) atoms. The average Bonchev–Trinajstić information content (AvgIpc) is 3.14. The molecule has 5 nitrogen and oxygen atoms in total. The third-order valence-corrected chi connectivity index (χ3v) is 4.58. The Balaban J connectivity index is 1.51. The summed E-state index contributed by atoms with van der Waals surface area (Å²) in [6, 6.07) is 29.5. The molecule has 1 unspecified atom stereocenters. The first-order chi connectivity index (χ1) is 13.3. The van der Waals surface area contributed by atoms with Crippen LogP contribution in [0.15, 0.2) is 91.0 Å². The maximum absolute atomic E-state index is 12.4. The molecule has 0 radical (unpaired) electrons. The predicted molar refractivity (Wildman–Crippen MR) is 106 cm³/mol. The first kappa shape index (κ1) is 17.1. The van der Waals surface area contributed by atoms with E-state index in [1.807, 2.05) is 66.7 Å². The van der Waals surface area contributed by atoms with Gasteiger partial charge in [-0.3, -0.25) is 5.32 Å². The number of rotatable bonds is 4. The average molecular weight is 359 g/mol. The van der Waals surface area contributed by atoms with E-state index in [9.17, 15) is 4.79 Å². The number of carbonyl (C=O) groups excluding carboxylic acids is 1. The highest BCUT2D eigenvalue weighted by Crippen LogP contribution is 2.31. The third kappa shape index (κ3) is 4.10. The smallest absolute Gasteiger partial charge is 0.353 e. The molecule has 1 aliphatic rings. The van der Waals surface area contributed by atoms with E-state index in [4.69, 9.17) is 4.84 Å². The van der Waals surface area contributed by atoms with Crippen LogP contribution in [0.4, 0.5) is 16.2 Å². The number of hydrogen-bond donors (Lipinski definition) is 1. The quantitative estimate of drug-likeness (QED) is 0.735. The van der Waals surface area contributed by atoms with Crippen molar-refractivity contribution in [2.75, 3.05) is 23.4 Å². The molecule has 3 aromatic carbocycles. The zero-order valence-electron chi connectivity index (χ0n) is 14.9. The lowest BCUT2D eigenvalue weighted by molar-refractivity contribution is -0.104. The van der Waals surface area contributed by atoms with Gasteiger partial charge in [-0.15, -0.1) is 5.06 Å². The van der Waals surface area contributed by atoms with Crippen LogP contribution in [0, 0.1) is 0 Å². The SMILES string of the molecule is O=C(Nc1ccccc1)ON1CN(c2ccccc2)CC1c1ccccc1. The van der Waals surface area contributed by atoms with Gasteiger partial charge in [-0.1, -0.05) is 66.7 Å². The number of para-hydroxylation sites is 2. The Morgan fingerprint density at radius 3 is 2.11 bits per heavy atom. The summed E-state index contributed by atoms with van der Waals surface area (Å²) in [5.41, 5.74) is 2.93. The summed E-state index contributed by atoms with van der Waals surface area (Å²) in [5, 5.41) is 4.51. The van der Waals surface area contributed by atoms with Gasteiger partial charge in [0.15, 0.2) is 0 Å². The summed E-state index contributed by atoms with van der Waals surface area (Å²) in [7, 11) is 0. The van der Waals surface area contributed by atoms with E-state index in [0.29, 0.717) is 12.4 Å². The van der Waals surface area contributed by atoms with Crippen LogP contribution in [0.5, 0.6) is 0 Å². The van der Waals surface area contributed by atoms with E-state index in [-0.39, 0.29) is 6.04 Å². The second-order valence-electron chi connectivity index (χ2n) is 6.41. The van der Waals surface area contributed by atoms with Crippen LogP contribution in [-0.4, -0.2) is 24.4 Å². The molecule has 0 bridgehead atoms. The van der Waals surface area contributed by atoms with Gasteiger partial charge in [0, 0.05) is 17.9 Å². The molecule has 1 amide bonds. The van der Waals surface area contributed by atoms with Gasteiger partial charge in [0.05, 0.1) is 6.04 Å². The standard InChI is InChI=1S/C22H21N3O2/c26-22(23-19-12-6-2-7-13-19)27-25-17-24(20-14-8-3-9-15-20)16-21(25)18-10-4-1-5-11-18/h1-15,21H,16-17H2,(H,23,26). The lowest BCUT2D eigenvalue weighted by atomic mass is 10.1. The van der Waals surface area contributed by atoms with Crippen molar-refractivity contribution in [1.29, 1.82) is 0 Å². The van der Waals surface area contributed by atoms with Gasteiger partial charge in [-0.05, 0) is 29.8 Å². The van der Waals surface area contributed by atoms with Crippen LogP contribution < -0.4 is 10.2 Å². The summed E-state index contributed by atoms with van der Waals surface area (Å²) >= 11 is 0. The molecular weight excluding hydrogens is 338 g/mol. The molecule has 3 aromatic rings. The zero-order valence-corrected chi connectivity index (χ0v) is 14.9. The van der Waals surface area contributed by atoms with Gasteiger partial charge in [0.2, 0.25) is 0 Å². The van der Waals surface area contributed by atoms with Crippen molar-refractivity contribution in [3.05, 3.63) is 96.6 Å². The number of nitrogens with one attached hydrogen (secondary N) is 1. The number of nitrogens with zero attached hydrogens (tertiary/aromatic N) is 2. The second-order valence-corrected chi connectivity index (χ2v) is 6.41.